The largest absolute Gasteiger partial charge is 0.389 e. The first-order chi connectivity index (χ1) is 8.66. The molecule has 0 saturated heterocycles. The lowest BCUT2D eigenvalue weighted by Gasteiger charge is -2.15. The minimum absolute atomic E-state index is 0.244. The van der Waals surface area contributed by atoms with Crippen LogP contribution in [-0.2, 0) is 6.42 Å². The van der Waals surface area contributed by atoms with Crippen molar-refractivity contribution in [2.75, 3.05) is 5.32 Å². The molecule has 0 bridgehead atoms. The smallest absolute Gasteiger partial charge is 0.159 e. The molecule has 0 saturated carbocycles. The molecule has 4 nitrogen and oxygen atoms in total. The van der Waals surface area contributed by atoms with E-state index in [1.807, 2.05) is 0 Å². The van der Waals surface area contributed by atoms with Gasteiger partial charge in [0.2, 0.25) is 0 Å². The van der Waals surface area contributed by atoms with Crippen molar-refractivity contribution in [3.63, 3.8) is 0 Å². The summed E-state index contributed by atoms with van der Waals surface area (Å²) in [5.41, 5.74) is 6.39. The van der Waals surface area contributed by atoms with Crippen molar-refractivity contribution in [1.82, 2.24) is 10.2 Å². The van der Waals surface area contributed by atoms with Crippen molar-refractivity contribution in [3.05, 3.63) is 40.2 Å². The van der Waals surface area contributed by atoms with E-state index in [1.165, 1.54) is 4.88 Å². The molecular weight excluding hydrogens is 264 g/mol. The van der Waals surface area contributed by atoms with Crippen LogP contribution in [0.4, 0.5) is 5.82 Å². The third-order valence-electron chi connectivity index (χ3n) is 2.46. The van der Waals surface area contributed by atoms with Gasteiger partial charge in [-0.25, -0.2) is 0 Å². The summed E-state index contributed by atoms with van der Waals surface area (Å²) >= 11 is 6.74. The van der Waals surface area contributed by atoms with E-state index in [1.54, 1.807) is 23.6 Å². The van der Waals surface area contributed by atoms with Crippen molar-refractivity contribution in [2.24, 2.45) is 5.73 Å². The Bertz CT molecular complexity index is 525. The fourth-order valence-corrected chi connectivity index (χ4v) is 2.65. The van der Waals surface area contributed by atoms with Crippen molar-refractivity contribution >= 4 is 34.4 Å². The number of thiophene rings is 1. The summed E-state index contributed by atoms with van der Waals surface area (Å²) in [4.78, 5) is 1.66. The van der Waals surface area contributed by atoms with Crippen LogP contribution in [0, 0.1) is 0 Å². The van der Waals surface area contributed by atoms with E-state index in [0.29, 0.717) is 10.8 Å². The third-order valence-corrected chi connectivity index (χ3v) is 3.58. The first-order valence-corrected chi connectivity index (χ1v) is 6.86. The number of hydrogen-bond donors (Lipinski definition) is 2. The van der Waals surface area contributed by atoms with Gasteiger partial charge in [-0.1, -0.05) is 18.3 Å². The predicted octanol–water partition coefficient (Wildman–Crippen LogP) is 2.22. The maximum Gasteiger partial charge on any atom is 0.159 e. The fourth-order valence-electron chi connectivity index (χ4n) is 1.65. The number of thiocarbonyl (C=S) groups is 1. The number of rotatable bonds is 5. The van der Waals surface area contributed by atoms with Gasteiger partial charge in [0.1, 0.15) is 4.99 Å². The van der Waals surface area contributed by atoms with E-state index >= 15 is 0 Å². The van der Waals surface area contributed by atoms with Crippen LogP contribution in [0.5, 0.6) is 0 Å². The molecule has 2 heterocycles. The zero-order valence-corrected chi connectivity index (χ0v) is 11.6. The van der Waals surface area contributed by atoms with E-state index in [9.17, 15) is 0 Å². The summed E-state index contributed by atoms with van der Waals surface area (Å²) in [5, 5.41) is 13.3. The molecule has 3 N–H and O–H groups in total. The lowest BCUT2D eigenvalue weighted by atomic mass is 10.2. The Morgan fingerprint density at radius 2 is 2.39 bits per heavy atom. The minimum Gasteiger partial charge on any atom is -0.389 e. The minimum atomic E-state index is 0.244. The van der Waals surface area contributed by atoms with Crippen LogP contribution in [0.2, 0.25) is 0 Å². The monoisotopic (exact) mass is 278 g/mol. The standard InChI is InChI=1S/C12H14N4S2/c1-8(7-9-3-2-6-18-9)15-12-10(11(13)17)4-5-14-16-12/h2-6,8H,7H2,1H3,(H2,13,17)(H,15,16). The van der Waals surface area contributed by atoms with Crippen LogP contribution in [0.15, 0.2) is 29.8 Å². The van der Waals surface area contributed by atoms with Gasteiger partial charge in [-0.2, -0.15) is 5.10 Å². The zero-order valence-electron chi connectivity index (χ0n) is 9.96. The second kappa shape index (κ2) is 5.88. The van der Waals surface area contributed by atoms with Gasteiger partial charge in [0.05, 0.1) is 11.8 Å². The molecule has 1 atom stereocenters. The third kappa shape index (κ3) is 3.24. The molecule has 0 radical (unpaired) electrons. The molecule has 1 unspecified atom stereocenters. The highest BCUT2D eigenvalue weighted by atomic mass is 32.1. The molecule has 0 aromatic carbocycles. The first kappa shape index (κ1) is 12.9. The lowest BCUT2D eigenvalue weighted by molar-refractivity contribution is 0.788. The SMILES string of the molecule is CC(Cc1cccs1)Nc1nnccc1C(N)=S. The molecule has 0 aliphatic rings. The summed E-state index contributed by atoms with van der Waals surface area (Å²) in [6.07, 6.45) is 2.52. The molecule has 0 amide bonds. The zero-order chi connectivity index (χ0) is 13.0. The van der Waals surface area contributed by atoms with E-state index in [0.717, 1.165) is 12.0 Å². The number of hydrogen-bond acceptors (Lipinski definition) is 5. The van der Waals surface area contributed by atoms with Gasteiger partial charge in [-0.05, 0) is 24.4 Å². The topological polar surface area (TPSA) is 63.8 Å². The molecule has 0 fully saturated rings. The van der Waals surface area contributed by atoms with E-state index < -0.39 is 0 Å². The van der Waals surface area contributed by atoms with Gasteiger partial charge in [0.15, 0.2) is 5.82 Å². The van der Waals surface area contributed by atoms with Gasteiger partial charge in [-0.3, -0.25) is 0 Å². The number of nitrogens with one attached hydrogen (secondary N) is 1. The Morgan fingerprint density at radius 1 is 1.56 bits per heavy atom. The Labute approximate surface area is 115 Å². The predicted molar refractivity (Wildman–Crippen MR) is 79.0 cm³/mol. The summed E-state index contributed by atoms with van der Waals surface area (Å²) < 4.78 is 0. The maximum atomic E-state index is 5.65. The molecule has 2 aromatic heterocycles. The number of nitrogens with zero attached hydrogens (tertiary/aromatic N) is 2. The Hall–Kier alpha value is -1.53. The molecule has 6 heteroatoms. The molecule has 2 aromatic rings. The van der Waals surface area contributed by atoms with Gasteiger partial charge in [0, 0.05) is 17.3 Å². The van der Waals surface area contributed by atoms with Crippen LogP contribution in [0.3, 0.4) is 0 Å². The number of aromatic nitrogens is 2. The maximum absolute atomic E-state index is 5.65. The molecule has 0 spiro atoms. The Balaban J connectivity index is 2.07. The van der Waals surface area contributed by atoms with Crippen LogP contribution in [0.25, 0.3) is 0 Å². The van der Waals surface area contributed by atoms with Gasteiger partial charge in [-0.15, -0.1) is 16.4 Å². The quantitative estimate of drug-likeness (QED) is 0.821. The molecule has 18 heavy (non-hydrogen) atoms. The number of anilines is 1. The first-order valence-electron chi connectivity index (χ1n) is 5.57. The van der Waals surface area contributed by atoms with E-state index in [4.69, 9.17) is 18.0 Å². The molecule has 0 aliphatic heterocycles. The van der Waals surface area contributed by atoms with Crippen molar-refractivity contribution in [2.45, 2.75) is 19.4 Å². The van der Waals surface area contributed by atoms with Crippen LogP contribution in [-0.4, -0.2) is 21.2 Å². The van der Waals surface area contributed by atoms with Gasteiger partial charge < -0.3 is 11.1 Å². The summed E-state index contributed by atoms with van der Waals surface area (Å²) in [6.45, 7) is 2.09. The molecule has 2 rings (SSSR count). The second-order valence-electron chi connectivity index (χ2n) is 3.99. The molecule has 94 valence electrons. The van der Waals surface area contributed by atoms with E-state index in [-0.39, 0.29) is 6.04 Å². The summed E-state index contributed by atoms with van der Waals surface area (Å²) in [6, 6.07) is 6.19. The average molecular weight is 278 g/mol. The fraction of sp³-hybridized carbons (Fsp3) is 0.250. The Kier molecular flexibility index (Phi) is 4.22. The van der Waals surface area contributed by atoms with Gasteiger partial charge in [0.25, 0.3) is 0 Å². The highest BCUT2D eigenvalue weighted by Crippen LogP contribution is 2.15. The summed E-state index contributed by atoms with van der Waals surface area (Å²) in [5.74, 6) is 0.647. The lowest BCUT2D eigenvalue weighted by Crippen LogP contribution is -2.22. The Morgan fingerprint density at radius 3 is 3.06 bits per heavy atom. The second-order valence-corrected chi connectivity index (χ2v) is 5.46. The highest BCUT2D eigenvalue weighted by molar-refractivity contribution is 7.80. The van der Waals surface area contributed by atoms with Crippen molar-refractivity contribution in [3.8, 4) is 0 Å². The van der Waals surface area contributed by atoms with Crippen molar-refractivity contribution in [1.29, 1.82) is 0 Å². The normalized spacial score (nSPS) is 12.1. The van der Waals surface area contributed by atoms with E-state index in [2.05, 4.69) is 40.0 Å². The number of nitrogens with two attached hydrogens (primary N) is 1. The van der Waals surface area contributed by atoms with Crippen LogP contribution in [0.1, 0.15) is 17.4 Å². The van der Waals surface area contributed by atoms with Crippen LogP contribution >= 0.6 is 23.6 Å². The van der Waals surface area contributed by atoms with Crippen molar-refractivity contribution < 1.29 is 0 Å². The average Bonchev–Trinajstić information content (AvgIpc) is 2.82. The highest BCUT2D eigenvalue weighted by Gasteiger charge is 2.10. The van der Waals surface area contributed by atoms with Crippen LogP contribution < -0.4 is 11.1 Å². The molecule has 0 aliphatic carbocycles. The molecular formula is C12H14N4S2. The summed E-state index contributed by atoms with van der Waals surface area (Å²) in [7, 11) is 0. The van der Waals surface area contributed by atoms with Gasteiger partial charge >= 0.3 is 0 Å².